The number of carboxylic acids is 1. The number of halogens is 2. The van der Waals surface area contributed by atoms with E-state index in [1.54, 1.807) is 6.92 Å². The Morgan fingerprint density at radius 2 is 2.15 bits per heavy atom. The summed E-state index contributed by atoms with van der Waals surface area (Å²) in [7, 11) is 0. The largest absolute Gasteiger partial charge is 0.479 e. The van der Waals surface area contributed by atoms with Crippen LogP contribution in [0.3, 0.4) is 0 Å². The average molecular weight is 285 g/mol. The molecule has 2 unspecified atom stereocenters. The molecule has 2 atom stereocenters. The fourth-order valence-corrected chi connectivity index (χ4v) is 2.28. The molecule has 20 heavy (non-hydrogen) atoms. The van der Waals surface area contributed by atoms with E-state index in [0.29, 0.717) is 0 Å². The van der Waals surface area contributed by atoms with Crippen molar-refractivity contribution < 1.29 is 28.2 Å². The molecule has 0 bridgehead atoms. The number of rotatable bonds is 3. The van der Waals surface area contributed by atoms with Crippen molar-refractivity contribution in [1.29, 1.82) is 0 Å². The molecule has 1 saturated heterocycles. The molecular weight excluding hydrogens is 272 g/mol. The van der Waals surface area contributed by atoms with Crippen LogP contribution in [0.15, 0.2) is 18.2 Å². The van der Waals surface area contributed by atoms with Crippen LogP contribution in [0.1, 0.15) is 18.5 Å². The molecule has 0 aromatic heterocycles. The number of hydrogen-bond acceptors (Lipinski definition) is 3. The molecule has 5 nitrogen and oxygen atoms in total. The van der Waals surface area contributed by atoms with Gasteiger partial charge >= 0.3 is 5.97 Å². The molecule has 1 N–H and O–H groups in total. The lowest BCUT2D eigenvalue weighted by Gasteiger charge is -2.38. The van der Waals surface area contributed by atoms with Gasteiger partial charge in [-0.15, -0.1) is 0 Å². The minimum atomic E-state index is -1.31. The standard InChI is InChI=1S/C13H13F2NO4/c1-2-16-10(17)6-20-12(13(18)19)11(16)7-3-4-8(14)9(15)5-7/h3-5,11-12H,2,6H2,1H3,(H,18,19). The maximum absolute atomic E-state index is 13.3. The number of morpholine rings is 1. The minimum Gasteiger partial charge on any atom is -0.479 e. The van der Waals surface area contributed by atoms with E-state index >= 15 is 0 Å². The topological polar surface area (TPSA) is 66.8 Å². The van der Waals surface area contributed by atoms with Gasteiger partial charge in [0.1, 0.15) is 6.61 Å². The SMILES string of the molecule is CCN1C(=O)COC(C(=O)O)C1c1ccc(F)c(F)c1. The van der Waals surface area contributed by atoms with Gasteiger partial charge in [0.05, 0.1) is 6.04 Å². The van der Waals surface area contributed by atoms with Gasteiger partial charge in [-0.05, 0) is 24.6 Å². The molecule has 1 aromatic rings. The molecule has 1 fully saturated rings. The predicted molar refractivity (Wildman–Crippen MR) is 63.9 cm³/mol. The van der Waals surface area contributed by atoms with Gasteiger partial charge in [-0.2, -0.15) is 0 Å². The first-order valence-corrected chi connectivity index (χ1v) is 6.04. The Bertz CT molecular complexity index is 547. The summed E-state index contributed by atoms with van der Waals surface area (Å²) in [4.78, 5) is 24.3. The van der Waals surface area contributed by atoms with Gasteiger partial charge in [0.25, 0.3) is 0 Å². The van der Waals surface area contributed by atoms with E-state index < -0.39 is 29.7 Å². The summed E-state index contributed by atoms with van der Waals surface area (Å²) in [5, 5.41) is 9.16. The number of amides is 1. The van der Waals surface area contributed by atoms with Gasteiger partial charge in [-0.3, -0.25) is 4.79 Å². The Morgan fingerprint density at radius 3 is 2.70 bits per heavy atom. The van der Waals surface area contributed by atoms with Crippen molar-refractivity contribution in [2.75, 3.05) is 13.2 Å². The number of aliphatic carboxylic acids is 1. The van der Waals surface area contributed by atoms with Crippen LogP contribution in [0.5, 0.6) is 0 Å². The maximum atomic E-state index is 13.3. The van der Waals surface area contributed by atoms with E-state index in [1.807, 2.05) is 0 Å². The number of benzene rings is 1. The van der Waals surface area contributed by atoms with Crippen LogP contribution < -0.4 is 0 Å². The van der Waals surface area contributed by atoms with Crippen molar-refractivity contribution in [3.63, 3.8) is 0 Å². The Morgan fingerprint density at radius 1 is 1.45 bits per heavy atom. The average Bonchev–Trinajstić information content (AvgIpc) is 2.41. The zero-order valence-corrected chi connectivity index (χ0v) is 10.7. The van der Waals surface area contributed by atoms with Crippen molar-refractivity contribution in [2.45, 2.75) is 19.1 Å². The number of carboxylic acid groups (broad SMARTS) is 1. The molecule has 1 aromatic carbocycles. The lowest BCUT2D eigenvalue weighted by atomic mass is 9.97. The molecule has 0 radical (unpaired) electrons. The fourth-order valence-electron chi connectivity index (χ4n) is 2.28. The highest BCUT2D eigenvalue weighted by molar-refractivity contribution is 5.82. The van der Waals surface area contributed by atoms with E-state index in [-0.39, 0.29) is 24.6 Å². The first-order valence-electron chi connectivity index (χ1n) is 6.04. The van der Waals surface area contributed by atoms with Crippen molar-refractivity contribution in [2.24, 2.45) is 0 Å². The van der Waals surface area contributed by atoms with Crippen molar-refractivity contribution in [3.05, 3.63) is 35.4 Å². The summed E-state index contributed by atoms with van der Waals surface area (Å²) in [5.74, 6) is -3.78. The zero-order chi connectivity index (χ0) is 14.9. The monoisotopic (exact) mass is 285 g/mol. The Labute approximate surface area is 113 Å². The van der Waals surface area contributed by atoms with Crippen LogP contribution in [0, 0.1) is 11.6 Å². The van der Waals surface area contributed by atoms with E-state index in [1.165, 1.54) is 11.0 Å². The fraction of sp³-hybridized carbons (Fsp3) is 0.385. The molecule has 0 spiro atoms. The summed E-state index contributed by atoms with van der Waals surface area (Å²) in [5.41, 5.74) is 0.186. The van der Waals surface area contributed by atoms with Crippen LogP contribution >= 0.6 is 0 Å². The molecule has 2 rings (SSSR count). The molecular formula is C13H13F2NO4. The van der Waals surface area contributed by atoms with Crippen molar-refractivity contribution in [1.82, 2.24) is 4.90 Å². The lowest BCUT2D eigenvalue weighted by molar-refractivity contribution is -0.172. The normalized spacial score (nSPS) is 22.9. The molecule has 1 amide bonds. The van der Waals surface area contributed by atoms with Gasteiger partial charge in [0, 0.05) is 6.54 Å². The van der Waals surface area contributed by atoms with Gasteiger partial charge in [0.15, 0.2) is 17.7 Å². The van der Waals surface area contributed by atoms with Crippen LogP contribution in [0.25, 0.3) is 0 Å². The summed E-state index contributed by atoms with van der Waals surface area (Å²) >= 11 is 0. The van der Waals surface area contributed by atoms with Crippen LogP contribution in [-0.4, -0.2) is 41.1 Å². The third kappa shape index (κ3) is 2.49. The molecule has 1 heterocycles. The third-order valence-electron chi connectivity index (χ3n) is 3.20. The van der Waals surface area contributed by atoms with E-state index in [9.17, 15) is 18.4 Å². The Kier molecular flexibility index (Phi) is 3.99. The number of nitrogens with zero attached hydrogens (tertiary/aromatic N) is 1. The van der Waals surface area contributed by atoms with Gasteiger partial charge < -0.3 is 14.7 Å². The van der Waals surface area contributed by atoms with E-state index in [4.69, 9.17) is 9.84 Å². The Hall–Kier alpha value is -2.02. The summed E-state index contributed by atoms with van der Waals surface area (Å²) in [6.07, 6.45) is -1.31. The summed E-state index contributed by atoms with van der Waals surface area (Å²) in [6.45, 7) is 1.58. The minimum absolute atomic E-state index is 0.186. The molecule has 1 aliphatic rings. The van der Waals surface area contributed by atoms with Crippen molar-refractivity contribution >= 4 is 11.9 Å². The maximum Gasteiger partial charge on any atom is 0.335 e. The predicted octanol–water partition coefficient (Wildman–Crippen LogP) is 1.34. The smallest absolute Gasteiger partial charge is 0.335 e. The van der Waals surface area contributed by atoms with Crippen LogP contribution in [0.2, 0.25) is 0 Å². The van der Waals surface area contributed by atoms with E-state index in [0.717, 1.165) is 12.1 Å². The number of carbonyl (C=O) groups is 2. The molecule has 7 heteroatoms. The quantitative estimate of drug-likeness (QED) is 0.910. The molecule has 0 saturated carbocycles. The Balaban J connectivity index is 2.46. The highest BCUT2D eigenvalue weighted by Gasteiger charge is 2.41. The number of likely N-dealkylation sites (N-methyl/N-ethyl adjacent to an activating group) is 1. The highest BCUT2D eigenvalue weighted by Crippen LogP contribution is 2.31. The summed E-state index contributed by atoms with van der Waals surface area (Å²) < 4.78 is 31.3. The second-order valence-electron chi connectivity index (χ2n) is 4.37. The lowest BCUT2D eigenvalue weighted by Crippen LogP contribution is -2.51. The first kappa shape index (κ1) is 14.4. The van der Waals surface area contributed by atoms with Crippen LogP contribution in [0.4, 0.5) is 8.78 Å². The van der Waals surface area contributed by atoms with Crippen molar-refractivity contribution in [3.8, 4) is 0 Å². The second-order valence-corrected chi connectivity index (χ2v) is 4.37. The first-order chi connectivity index (χ1) is 9.45. The third-order valence-corrected chi connectivity index (χ3v) is 3.20. The second kappa shape index (κ2) is 5.54. The zero-order valence-electron chi connectivity index (χ0n) is 10.7. The number of hydrogen-bond donors (Lipinski definition) is 1. The van der Waals surface area contributed by atoms with Gasteiger partial charge in [-0.25, -0.2) is 13.6 Å². The number of carbonyl (C=O) groups excluding carboxylic acids is 1. The van der Waals surface area contributed by atoms with E-state index in [2.05, 4.69) is 0 Å². The molecule has 0 aliphatic carbocycles. The van der Waals surface area contributed by atoms with Gasteiger partial charge in [0.2, 0.25) is 5.91 Å². The molecule has 108 valence electrons. The van der Waals surface area contributed by atoms with Gasteiger partial charge in [-0.1, -0.05) is 6.07 Å². The molecule has 1 aliphatic heterocycles. The highest BCUT2D eigenvalue weighted by atomic mass is 19.2. The van der Waals surface area contributed by atoms with Crippen LogP contribution in [-0.2, 0) is 14.3 Å². The number of ether oxygens (including phenoxy) is 1. The summed E-state index contributed by atoms with van der Waals surface area (Å²) in [6, 6.07) is 2.06.